The molecule has 5 nitrogen and oxygen atoms in total. The molecule has 0 bridgehead atoms. The number of aryl methyl sites for hydroxylation is 1. The Morgan fingerprint density at radius 1 is 0.971 bits per heavy atom. The summed E-state index contributed by atoms with van der Waals surface area (Å²) in [4.78, 5) is 25.9. The summed E-state index contributed by atoms with van der Waals surface area (Å²) in [6.45, 7) is 1.77. The van der Waals surface area contributed by atoms with Crippen LogP contribution in [0, 0.1) is 24.2 Å². The number of halogens is 5. The van der Waals surface area contributed by atoms with Gasteiger partial charge in [0.2, 0.25) is 5.91 Å². The van der Waals surface area contributed by atoms with Gasteiger partial charge in [0, 0.05) is 21.7 Å². The van der Waals surface area contributed by atoms with Gasteiger partial charge in [-0.15, -0.1) is 23.2 Å². The van der Waals surface area contributed by atoms with Gasteiger partial charge in [0.1, 0.15) is 10.4 Å². The van der Waals surface area contributed by atoms with E-state index in [2.05, 4.69) is 16.7 Å². The molecule has 1 aliphatic carbocycles. The van der Waals surface area contributed by atoms with Crippen LogP contribution in [0.2, 0.25) is 15.1 Å². The summed E-state index contributed by atoms with van der Waals surface area (Å²) in [5.74, 6) is -2.24. The van der Waals surface area contributed by atoms with E-state index in [1.165, 1.54) is 12.1 Å². The first-order chi connectivity index (χ1) is 16.5. The first kappa shape index (κ1) is 25.6. The van der Waals surface area contributed by atoms with Gasteiger partial charge in [-0.1, -0.05) is 46.9 Å². The minimum Gasteiger partial charge on any atom is -0.326 e. The topological polar surface area (TPSA) is 82.0 Å². The van der Waals surface area contributed by atoms with Crippen molar-refractivity contribution in [1.29, 1.82) is 5.26 Å². The van der Waals surface area contributed by atoms with E-state index in [0.717, 1.165) is 5.56 Å². The number of hydrogen-bond acceptors (Lipinski definition) is 3. The molecular weight excluding hydrogens is 552 g/mol. The average molecular weight is 568 g/mol. The average Bonchev–Trinajstić information content (AvgIpc) is 3.36. The van der Waals surface area contributed by atoms with Gasteiger partial charge in [-0.25, -0.2) is 0 Å². The second-order valence-corrected chi connectivity index (χ2v) is 10.8. The van der Waals surface area contributed by atoms with Crippen LogP contribution in [-0.2, 0) is 4.79 Å². The Labute approximate surface area is 226 Å². The minimum atomic E-state index is -1.34. The predicted octanol–water partition coefficient (Wildman–Crippen LogP) is 7.61. The van der Waals surface area contributed by atoms with Gasteiger partial charge in [-0.3, -0.25) is 9.59 Å². The highest BCUT2D eigenvalue weighted by atomic mass is 35.5. The van der Waals surface area contributed by atoms with Gasteiger partial charge in [0.05, 0.1) is 27.8 Å². The number of carbonyl (C=O) groups is 2. The van der Waals surface area contributed by atoms with Crippen LogP contribution >= 0.6 is 58.0 Å². The number of rotatable bonds is 5. The quantitative estimate of drug-likeness (QED) is 0.312. The van der Waals surface area contributed by atoms with Gasteiger partial charge >= 0.3 is 0 Å². The van der Waals surface area contributed by atoms with Crippen molar-refractivity contribution in [2.45, 2.75) is 17.2 Å². The number of benzene rings is 3. The maximum absolute atomic E-state index is 13.0. The molecule has 2 N–H and O–H groups in total. The maximum atomic E-state index is 13.0. The first-order valence-corrected chi connectivity index (χ1v) is 12.2. The highest BCUT2D eigenvalue weighted by Crippen LogP contribution is 2.65. The van der Waals surface area contributed by atoms with Crippen LogP contribution < -0.4 is 10.6 Å². The van der Waals surface area contributed by atoms with Crippen LogP contribution in [0.1, 0.15) is 33.0 Å². The number of nitrogens with zero attached hydrogens (tertiary/aromatic N) is 1. The molecule has 35 heavy (non-hydrogen) atoms. The van der Waals surface area contributed by atoms with Crippen molar-refractivity contribution in [3.05, 3.63) is 91.9 Å². The minimum absolute atomic E-state index is 0.117. The molecule has 0 unspecified atom stereocenters. The SMILES string of the molecule is Cc1cccc(NC(=O)c2cc(NC(=O)[C@H]3[C@H](c4cc(Cl)cc(Cl)c4)C3(Cl)Cl)ccc2Cl)c1C#N. The van der Waals surface area contributed by atoms with E-state index in [1.54, 1.807) is 49.4 Å². The number of alkyl halides is 2. The molecule has 0 aromatic heterocycles. The summed E-state index contributed by atoms with van der Waals surface area (Å²) in [5, 5.41) is 15.8. The third-order valence-corrected chi connectivity index (χ3v) is 7.40. The molecule has 2 amide bonds. The molecule has 3 aromatic carbocycles. The predicted molar refractivity (Wildman–Crippen MR) is 141 cm³/mol. The van der Waals surface area contributed by atoms with E-state index in [0.29, 0.717) is 32.5 Å². The van der Waals surface area contributed by atoms with E-state index < -0.39 is 28.0 Å². The van der Waals surface area contributed by atoms with Crippen molar-refractivity contribution in [1.82, 2.24) is 0 Å². The lowest BCUT2D eigenvalue weighted by molar-refractivity contribution is -0.117. The van der Waals surface area contributed by atoms with Crippen molar-refractivity contribution in [3.8, 4) is 6.07 Å². The van der Waals surface area contributed by atoms with E-state index in [9.17, 15) is 14.9 Å². The summed E-state index contributed by atoms with van der Waals surface area (Å²) >= 11 is 31.2. The van der Waals surface area contributed by atoms with Crippen molar-refractivity contribution >= 4 is 81.2 Å². The number of nitrogens with one attached hydrogen (secondary N) is 2. The fourth-order valence-electron chi connectivity index (χ4n) is 3.93. The monoisotopic (exact) mass is 565 g/mol. The van der Waals surface area contributed by atoms with Gasteiger partial charge in [0.15, 0.2) is 0 Å². The Morgan fingerprint density at radius 3 is 2.31 bits per heavy atom. The molecule has 2 atom stereocenters. The maximum Gasteiger partial charge on any atom is 0.257 e. The Balaban J connectivity index is 1.53. The molecule has 1 aliphatic rings. The lowest BCUT2D eigenvalue weighted by atomic mass is 10.1. The van der Waals surface area contributed by atoms with Crippen molar-refractivity contribution in [3.63, 3.8) is 0 Å². The molecule has 0 saturated heterocycles. The zero-order valence-electron chi connectivity index (χ0n) is 18.0. The third-order valence-electron chi connectivity index (χ3n) is 5.69. The van der Waals surface area contributed by atoms with Gasteiger partial charge < -0.3 is 10.6 Å². The lowest BCUT2D eigenvalue weighted by Crippen LogP contribution is -2.18. The van der Waals surface area contributed by atoms with Crippen molar-refractivity contribution < 1.29 is 9.59 Å². The third kappa shape index (κ3) is 5.23. The molecule has 4 rings (SSSR count). The summed E-state index contributed by atoms with van der Waals surface area (Å²) in [6, 6.07) is 16.6. The molecular formula is C25H16Cl5N3O2. The summed E-state index contributed by atoms with van der Waals surface area (Å²) in [7, 11) is 0. The van der Waals surface area contributed by atoms with Crippen LogP contribution in [0.4, 0.5) is 11.4 Å². The van der Waals surface area contributed by atoms with E-state index in [-0.39, 0.29) is 10.6 Å². The Bertz CT molecular complexity index is 1380. The van der Waals surface area contributed by atoms with Crippen LogP contribution in [-0.4, -0.2) is 16.1 Å². The number of hydrogen-bond donors (Lipinski definition) is 2. The Hall–Kier alpha value is -2.46. The zero-order chi connectivity index (χ0) is 25.5. The van der Waals surface area contributed by atoms with Crippen LogP contribution in [0.3, 0.4) is 0 Å². The molecule has 0 spiro atoms. The number of nitriles is 1. The molecule has 178 valence electrons. The van der Waals surface area contributed by atoms with Crippen LogP contribution in [0.15, 0.2) is 54.6 Å². The highest BCUT2D eigenvalue weighted by Gasteiger charge is 2.67. The number of anilines is 2. The molecule has 1 saturated carbocycles. The standard InChI is InChI=1S/C25H16Cl5N3O2/c1-12-3-2-4-20(18(12)11-31)33-23(34)17-10-16(5-6-19(17)28)32-24(35)22-21(25(22,29)30)13-7-14(26)9-15(27)8-13/h2-10,21-22H,1H3,(H,32,35)(H,33,34)/t21-,22+/m0/s1. The van der Waals surface area contributed by atoms with Crippen LogP contribution in [0.25, 0.3) is 0 Å². The van der Waals surface area contributed by atoms with Crippen LogP contribution in [0.5, 0.6) is 0 Å². The molecule has 10 heteroatoms. The molecule has 3 aromatic rings. The Kier molecular flexibility index (Phi) is 7.24. The lowest BCUT2D eigenvalue weighted by Gasteiger charge is -2.12. The Morgan fingerprint density at radius 2 is 1.66 bits per heavy atom. The van der Waals surface area contributed by atoms with Crippen molar-refractivity contribution in [2.24, 2.45) is 5.92 Å². The highest BCUT2D eigenvalue weighted by molar-refractivity contribution is 6.53. The largest absolute Gasteiger partial charge is 0.326 e. The number of carbonyl (C=O) groups excluding carboxylic acids is 2. The summed E-state index contributed by atoms with van der Waals surface area (Å²) < 4.78 is -1.34. The summed E-state index contributed by atoms with van der Waals surface area (Å²) in [6.07, 6.45) is 0. The first-order valence-electron chi connectivity index (χ1n) is 10.3. The van der Waals surface area contributed by atoms with E-state index >= 15 is 0 Å². The normalized spacial score (nSPS) is 17.9. The second-order valence-electron chi connectivity index (χ2n) is 8.08. The van der Waals surface area contributed by atoms with Crippen molar-refractivity contribution in [2.75, 3.05) is 10.6 Å². The fourth-order valence-corrected chi connectivity index (χ4v) is 5.50. The molecule has 0 radical (unpaired) electrons. The smallest absolute Gasteiger partial charge is 0.257 e. The van der Waals surface area contributed by atoms with E-state index in [4.69, 9.17) is 58.0 Å². The fraction of sp³-hybridized carbons (Fsp3) is 0.160. The molecule has 0 heterocycles. The zero-order valence-corrected chi connectivity index (χ0v) is 21.8. The van der Waals surface area contributed by atoms with Gasteiger partial charge in [0.25, 0.3) is 5.91 Å². The van der Waals surface area contributed by atoms with Gasteiger partial charge in [-0.05, 0) is 60.5 Å². The molecule has 0 aliphatic heterocycles. The van der Waals surface area contributed by atoms with Gasteiger partial charge in [-0.2, -0.15) is 5.26 Å². The number of amides is 2. The molecule has 1 fully saturated rings. The second kappa shape index (κ2) is 9.89. The van der Waals surface area contributed by atoms with E-state index in [1.807, 2.05) is 0 Å². The summed E-state index contributed by atoms with van der Waals surface area (Å²) in [5.41, 5.74) is 2.53.